The fraction of sp³-hybridized carbons (Fsp3) is 0.895. The zero-order valence-corrected chi connectivity index (χ0v) is 15.6. The van der Waals surface area contributed by atoms with E-state index in [2.05, 4.69) is 21.9 Å². The van der Waals surface area contributed by atoms with E-state index in [-0.39, 0.29) is 5.97 Å². The first-order valence-electron chi connectivity index (χ1n) is 9.84. The topological polar surface area (TPSA) is 53.9 Å². The summed E-state index contributed by atoms with van der Waals surface area (Å²) in [5, 5.41) is 3.47. The fourth-order valence-corrected chi connectivity index (χ4v) is 4.03. The van der Waals surface area contributed by atoms with E-state index in [0.29, 0.717) is 6.42 Å². The summed E-state index contributed by atoms with van der Waals surface area (Å²) in [6, 6.07) is 0. The maximum atomic E-state index is 11.1. The predicted octanol–water partition coefficient (Wildman–Crippen LogP) is 3.20. The molecule has 2 fully saturated rings. The number of likely N-dealkylation sites (tertiary alicyclic amines) is 1. The van der Waals surface area contributed by atoms with Crippen molar-refractivity contribution in [3.8, 4) is 0 Å². The van der Waals surface area contributed by atoms with Gasteiger partial charge in [0.05, 0.1) is 7.11 Å². The Bertz CT molecular complexity index is 397. The highest BCUT2D eigenvalue weighted by atomic mass is 16.5. The number of ether oxygens (including phenoxy) is 1. The highest BCUT2D eigenvalue weighted by molar-refractivity contribution is 5.80. The van der Waals surface area contributed by atoms with Crippen LogP contribution in [0.15, 0.2) is 4.99 Å². The summed E-state index contributed by atoms with van der Waals surface area (Å²) in [6.45, 7) is 6.34. The molecule has 1 aliphatic heterocycles. The Morgan fingerprint density at radius 3 is 2.42 bits per heavy atom. The first-order chi connectivity index (χ1) is 11.7. The molecule has 2 rings (SSSR count). The van der Waals surface area contributed by atoms with E-state index >= 15 is 0 Å². The quantitative estimate of drug-likeness (QED) is 0.320. The van der Waals surface area contributed by atoms with Crippen LogP contribution in [0.25, 0.3) is 0 Å². The van der Waals surface area contributed by atoms with Crippen molar-refractivity contribution in [3.63, 3.8) is 0 Å². The number of methoxy groups -OCH3 is 1. The number of hydrogen-bond donors (Lipinski definition) is 1. The van der Waals surface area contributed by atoms with Crippen LogP contribution in [0.2, 0.25) is 0 Å². The number of nitrogens with zero attached hydrogens (tertiary/aromatic N) is 2. The van der Waals surface area contributed by atoms with E-state index in [4.69, 9.17) is 4.99 Å². The van der Waals surface area contributed by atoms with Crippen LogP contribution < -0.4 is 5.32 Å². The number of fused-ring (bicyclic) bond motifs is 1. The Balaban J connectivity index is 1.68. The van der Waals surface area contributed by atoms with Gasteiger partial charge in [0, 0.05) is 32.6 Å². The molecule has 5 heteroatoms. The third kappa shape index (κ3) is 5.99. The van der Waals surface area contributed by atoms with Crippen LogP contribution in [0.3, 0.4) is 0 Å². The van der Waals surface area contributed by atoms with Gasteiger partial charge in [0.25, 0.3) is 0 Å². The second-order valence-corrected chi connectivity index (χ2v) is 7.19. The van der Waals surface area contributed by atoms with Gasteiger partial charge in [-0.2, -0.15) is 0 Å². The molecule has 1 saturated heterocycles. The van der Waals surface area contributed by atoms with E-state index in [1.807, 2.05) is 0 Å². The van der Waals surface area contributed by atoms with E-state index in [0.717, 1.165) is 56.6 Å². The van der Waals surface area contributed by atoms with Crippen LogP contribution in [-0.2, 0) is 9.53 Å². The molecule has 1 heterocycles. The minimum atomic E-state index is -0.0991. The molecular weight excluding hydrogens is 302 g/mol. The van der Waals surface area contributed by atoms with Gasteiger partial charge in [-0.25, -0.2) is 0 Å². The van der Waals surface area contributed by atoms with Crippen molar-refractivity contribution >= 4 is 11.9 Å². The molecule has 0 radical (unpaired) electrons. The molecule has 0 aromatic carbocycles. The van der Waals surface area contributed by atoms with Gasteiger partial charge in [0.15, 0.2) is 5.96 Å². The molecule has 24 heavy (non-hydrogen) atoms. The molecule has 2 aliphatic rings. The molecule has 0 aromatic heterocycles. The summed E-state index contributed by atoms with van der Waals surface area (Å²) in [6.07, 6.45) is 10.4. The summed E-state index contributed by atoms with van der Waals surface area (Å²) in [4.78, 5) is 18.4. The van der Waals surface area contributed by atoms with Gasteiger partial charge >= 0.3 is 5.97 Å². The lowest BCUT2D eigenvalue weighted by molar-refractivity contribution is -0.140. The van der Waals surface area contributed by atoms with Gasteiger partial charge in [-0.05, 0) is 44.4 Å². The molecule has 2 atom stereocenters. The van der Waals surface area contributed by atoms with E-state index in [1.54, 1.807) is 0 Å². The molecule has 1 aliphatic carbocycles. The van der Waals surface area contributed by atoms with Gasteiger partial charge < -0.3 is 15.0 Å². The van der Waals surface area contributed by atoms with Gasteiger partial charge in [0.1, 0.15) is 0 Å². The maximum Gasteiger partial charge on any atom is 0.305 e. The van der Waals surface area contributed by atoms with E-state index in [9.17, 15) is 4.79 Å². The summed E-state index contributed by atoms with van der Waals surface area (Å²) < 4.78 is 4.66. The molecule has 1 saturated carbocycles. The molecule has 138 valence electrons. The zero-order valence-electron chi connectivity index (χ0n) is 15.6. The van der Waals surface area contributed by atoms with Gasteiger partial charge in [-0.3, -0.25) is 9.79 Å². The first-order valence-corrected chi connectivity index (χ1v) is 9.84. The van der Waals surface area contributed by atoms with Crippen LogP contribution >= 0.6 is 0 Å². The largest absolute Gasteiger partial charge is 0.469 e. The Labute approximate surface area is 147 Å². The second-order valence-electron chi connectivity index (χ2n) is 7.19. The number of unbranched alkanes of at least 4 members (excludes halogenated alkanes) is 3. The second kappa shape index (κ2) is 10.6. The zero-order chi connectivity index (χ0) is 17.2. The lowest BCUT2D eigenvalue weighted by Gasteiger charge is -2.22. The van der Waals surface area contributed by atoms with Gasteiger partial charge in [-0.1, -0.05) is 25.7 Å². The highest BCUT2D eigenvalue weighted by Crippen LogP contribution is 2.35. The van der Waals surface area contributed by atoms with Crippen molar-refractivity contribution < 1.29 is 9.53 Å². The van der Waals surface area contributed by atoms with Crippen molar-refractivity contribution in [3.05, 3.63) is 0 Å². The highest BCUT2D eigenvalue weighted by Gasteiger charge is 2.35. The lowest BCUT2D eigenvalue weighted by atomic mass is 9.82. The SMILES string of the molecule is CCNC(=NCCCCCCC(=O)OC)N1CC2CCCCC2C1. The van der Waals surface area contributed by atoms with E-state index < -0.39 is 0 Å². The molecule has 0 spiro atoms. The van der Waals surface area contributed by atoms with Crippen LogP contribution in [-0.4, -0.2) is 50.1 Å². The maximum absolute atomic E-state index is 11.1. The Morgan fingerprint density at radius 2 is 1.79 bits per heavy atom. The smallest absolute Gasteiger partial charge is 0.305 e. The van der Waals surface area contributed by atoms with Crippen LogP contribution in [0.1, 0.15) is 64.7 Å². The molecular formula is C19H35N3O2. The van der Waals surface area contributed by atoms with Gasteiger partial charge in [-0.15, -0.1) is 0 Å². The Hall–Kier alpha value is -1.26. The molecule has 0 aromatic rings. The molecule has 5 nitrogen and oxygen atoms in total. The monoisotopic (exact) mass is 337 g/mol. The van der Waals surface area contributed by atoms with Crippen molar-refractivity contribution in [2.24, 2.45) is 16.8 Å². The van der Waals surface area contributed by atoms with Crippen molar-refractivity contribution in [1.82, 2.24) is 10.2 Å². The van der Waals surface area contributed by atoms with Crippen molar-refractivity contribution in [2.45, 2.75) is 64.7 Å². The number of aliphatic imine (C=N–C) groups is 1. The van der Waals surface area contributed by atoms with E-state index in [1.165, 1.54) is 45.9 Å². The van der Waals surface area contributed by atoms with Crippen molar-refractivity contribution in [2.75, 3.05) is 33.3 Å². The summed E-state index contributed by atoms with van der Waals surface area (Å²) in [7, 11) is 1.45. The fourth-order valence-electron chi connectivity index (χ4n) is 4.03. The third-order valence-electron chi connectivity index (χ3n) is 5.39. The van der Waals surface area contributed by atoms with Gasteiger partial charge in [0.2, 0.25) is 0 Å². The number of carbonyl (C=O) groups excluding carboxylic acids is 1. The number of rotatable bonds is 8. The molecule has 2 unspecified atom stereocenters. The van der Waals surface area contributed by atoms with Crippen LogP contribution in [0.5, 0.6) is 0 Å². The lowest BCUT2D eigenvalue weighted by Crippen LogP contribution is -2.40. The summed E-state index contributed by atoms with van der Waals surface area (Å²) in [5.41, 5.74) is 0. The number of carbonyl (C=O) groups is 1. The Morgan fingerprint density at radius 1 is 1.12 bits per heavy atom. The molecule has 1 N–H and O–H groups in total. The number of guanidine groups is 1. The number of hydrogen-bond acceptors (Lipinski definition) is 3. The third-order valence-corrected chi connectivity index (χ3v) is 5.39. The normalized spacial score (nSPS) is 23.9. The average molecular weight is 338 g/mol. The van der Waals surface area contributed by atoms with Crippen LogP contribution in [0, 0.1) is 11.8 Å². The molecule has 0 amide bonds. The standard InChI is InChI=1S/C19H35N3O2/c1-3-20-19(21-13-9-5-4-6-12-18(23)24-2)22-14-16-10-7-8-11-17(16)15-22/h16-17H,3-15H2,1-2H3,(H,20,21). The summed E-state index contributed by atoms with van der Waals surface area (Å²) >= 11 is 0. The first kappa shape index (κ1) is 19.1. The molecule has 0 bridgehead atoms. The summed E-state index contributed by atoms with van der Waals surface area (Å²) in [5.74, 6) is 2.79. The predicted molar refractivity (Wildman–Crippen MR) is 98.1 cm³/mol. The minimum Gasteiger partial charge on any atom is -0.469 e. The minimum absolute atomic E-state index is 0.0991. The van der Waals surface area contributed by atoms with Crippen LogP contribution in [0.4, 0.5) is 0 Å². The Kier molecular flexibility index (Phi) is 8.40. The van der Waals surface area contributed by atoms with Crippen molar-refractivity contribution in [1.29, 1.82) is 0 Å². The average Bonchev–Trinajstić information content (AvgIpc) is 3.03. The number of nitrogens with one attached hydrogen (secondary N) is 1. The number of esters is 1.